The van der Waals surface area contributed by atoms with Crippen molar-refractivity contribution in [2.45, 2.75) is 58.5 Å². The summed E-state index contributed by atoms with van der Waals surface area (Å²) in [5, 5.41) is 13.0. The van der Waals surface area contributed by atoms with Crippen LogP contribution in [0.5, 0.6) is 0 Å². The van der Waals surface area contributed by atoms with Gasteiger partial charge in [-0.2, -0.15) is 0 Å². The molecule has 39 heavy (non-hydrogen) atoms. The third kappa shape index (κ3) is 7.20. The van der Waals surface area contributed by atoms with E-state index in [-0.39, 0.29) is 23.3 Å². The number of hydrogen-bond acceptors (Lipinski definition) is 9. The van der Waals surface area contributed by atoms with Gasteiger partial charge in [-0.1, -0.05) is 38.6 Å². The van der Waals surface area contributed by atoms with Crippen molar-refractivity contribution in [1.29, 1.82) is 0 Å². The van der Waals surface area contributed by atoms with Crippen molar-refractivity contribution in [3.05, 3.63) is 65.8 Å². The molecule has 2 aromatic heterocycles. The Kier molecular flexibility index (Phi) is 8.60. The molecule has 3 aromatic rings. The van der Waals surface area contributed by atoms with Crippen molar-refractivity contribution in [1.82, 2.24) is 15.1 Å². The quantitative estimate of drug-likeness (QED) is 0.223. The fourth-order valence-corrected chi connectivity index (χ4v) is 3.98. The minimum Gasteiger partial charge on any atom is -0.382 e. The zero-order valence-corrected chi connectivity index (χ0v) is 22.9. The smallest absolute Gasteiger partial charge is 0.256 e. The standard InChI is InChI=1S/C28H36N8O3/c1-6-30-21-16-32-27(31-15-19-9-7-8-12-38-19)35-24(21)25(29)33-20-13-18(11-10-17(20)2)26(37)34-23-14-22(39-36-23)28(3,4)5/h6,10-11,13-14,16,19,30H,1,7-9,12,15H2,2-5H3,(H2,29,33)(H,31,32,35)(H,34,36,37). The van der Waals surface area contributed by atoms with E-state index < -0.39 is 0 Å². The van der Waals surface area contributed by atoms with Crippen LogP contribution in [0.25, 0.3) is 0 Å². The second-order valence-corrected chi connectivity index (χ2v) is 10.5. The first kappa shape index (κ1) is 27.8. The van der Waals surface area contributed by atoms with Gasteiger partial charge in [-0.3, -0.25) is 4.79 Å². The lowest BCUT2D eigenvalue weighted by molar-refractivity contribution is 0.0246. The zero-order valence-electron chi connectivity index (χ0n) is 22.9. The van der Waals surface area contributed by atoms with E-state index in [1.54, 1.807) is 24.4 Å². The topological polar surface area (TPSA) is 153 Å². The molecular formula is C28H36N8O3. The number of benzene rings is 1. The number of aryl methyl sites for hydroxylation is 1. The largest absolute Gasteiger partial charge is 0.382 e. The second kappa shape index (κ2) is 12.1. The van der Waals surface area contributed by atoms with Crippen LogP contribution < -0.4 is 21.7 Å². The van der Waals surface area contributed by atoms with Gasteiger partial charge in [0, 0.05) is 30.2 Å². The monoisotopic (exact) mass is 532 g/mol. The summed E-state index contributed by atoms with van der Waals surface area (Å²) in [6.07, 6.45) is 6.49. The summed E-state index contributed by atoms with van der Waals surface area (Å²) in [5.74, 6) is 1.25. The molecule has 1 atom stereocenters. The van der Waals surface area contributed by atoms with Crippen LogP contribution >= 0.6 is 0 Å². The van der Waals surface area contributed by atoms with Crippen LogP contribution in [-0.2, 0) is 10.2 Å². The van der Waals surface area contributed by atoms with Gasteiger partial charge in [-0.05, 0) is 50.1 Å². The minimum absolute atomic E-state index is 0.122. The van der Waals surface area contributed by atoms with Crippen molar-refractivity contribution in [2.24, 2.45) is 10.7 Å². The molecular weight excluding hydrogens is 496 g/mol. The highest BCUT2D eigenvalue weighted by molar-refractivity contribution is 6.05. The molecule has 1 aromatic carbocycles. The molecule has 1 unspecified atom stereocenters. The van der Waals surface area contributed by atoms with Crippen LogP contribution in [0.15, 0.2) is 52.8 Å². The number of aliphatic imine (C=N–C) groups is 1. The molecule has 1 aliphatic heterocycles. The van der Waals surface area contributed by atoms with Crippen molar-refractivity contribution in [2.75, 3.05) is 29.1 Å². The van der Waals surface area contributed by atoms with E-state index >= 15 is 0 Å². The van der Waals surface area contributed by atoms with Gasteiger partial charge in [0.2, 0.25) is 5.95 Å². The molecule has 1 amide bonds. The van der Waals surface area contributed by atoms with Gasteiger partial charge in [0.25, 0.3) is 5.91 Å². The first-order valence-electron chi connectivity index (χ1n) is 13.0. The van der Waals surface area contributed by atoms with Crippen LogP contribution in [0.3, 0.4) is 0 Å². The summed E-state index contributed by atoms with van der Waals surface area (Å²) >= 11 is 0. The van der Waals surface area contributed by atoms with Crippen LogP contribution in [-0.4, -0.2) is 46.1 Å². The average molecular weight is 533 g/mol. The Morgan fingerprint density at radius 2 is 2.10 bits per heavy atom. The highest BCUT2D eigenvalue weighted by Crippen LogP contribution is 2.26. The lowest BCUT2D eigenvalue weighted by Gasteiger charge is -2.22. The van der Waals surface area contributed by atoms with Gasteiger partial charge in [0.05, 0.1) is 23.7 Å². The molecule has 0 aliphatic carbocycles. The molecule has 0 radical (unpaired) electrons. The molecule has 1 saturated heterocycles. The summed E-state index contributed by atoms with van der Waals surface area (Å²) < 4.78 is 11.1. The highest BCUT2D eigenvalue weighted by atomic mass is 16.5. The SMILES string of the molecule is C=CNc1cnc(NCC2CCCCO2)nc1C(N)=Nc1cc(C(=O)Nc2cc(C(C)(C)C)on2)ccc1C. The van der Waals surface area contributed by atoms with E-state index in [0.717, 1.165) is 31.4 Å². The summed E-state index contributed by atoms with van der Waals surface area (Å²) in [4.78, 5) is 26.5. The molecule has 1 aliphatic rings. The number of carbonyl (C=O) groups is 1. The number of hydrogen-bond donors (Lipinski definition) is 4. The number of amidine groups is 1. The molecule has 11 nitrogen and oxygen atoms in total. The van der Waals surface area contributed by atoms with Crippen LogP contribution in [0.1, 0.15) is 67.4 Å². The maximum absolute atomic E-state index is 12.9. The third-order valence-corrected chi connectivity index (χ3v) is 6.25. The minimum atomic E-state index is -0.341. The lowest BCUT2D eigenvalue weighted by atomic mass is 9.93. The Balaban J connectivity index is 1.55. The Hall–Kier alpha value is -4.25. The summed E-state index contributed by atoms with van der Waals surface area (Å²) in [5.41, 5.74) is 8.94. The van der Waals surface area contributed by atoms with Gasteiger partial charge in [-0.15, -0.1) is 0 Å². The van der Waals surface area contributed by atoms with Gasteiger partial charge in [-0.25, -0.2) is 15.0 Å². The zero-order chi connectivity index (χ0) is 28.0. The maximum atomic E-state index is 12.9. The van der Waals surface area contributed by atoms with E-state index in [0.29, 0.717) is 46.7 Å². The van der Waals surface area contributed by atoms with Crippen molar-refractivity contribution < 1.29 is 14.1 Å². The Morgan fingerprint density at radius 3 is 2.79 bits per heavy atom. The van der Waals surface area contributed by atoms with E-state index in [4.69, 9.17) is 15.0 Å². The Labute approximate surface area is 228 Å². The Bertz CT molecular complexity index is 1350. The van der Waals surface area contributed by atoms with Crippen LogP contribution in [0, 0.1) is 6.92 Å². The number of nitrogens with one attached hydrogen (secondary N) is 3. The van der Waals surface area contributed by atoms with E-state index in [1.807, 2.05) is 33.8 Å². The molecule has 0 bridgehead atoms. The molecule has 4 rings (SSSR count). The molecule has 0 spiro atoms. The third-order valence-electron chi connectivity index (χ3n) is 6.25. The van der Waals surface area contributed by atoms with Gasteiger partial charge < -0.3 is 30.9 Å². The van der Waals surface area contributed by atoms with Gasteiger partial charge in [0.1, 0.15) is 11.5 Å². The van der Waals surface area contributed by atoms with Gasteiger partial charge in [0.15, 0.2) is 11.7 Å². The predicted octanol–water partition coefficient (Wildman–Crippen LogP) is 4.90. The number of nitrogens with two attached hydrogens (primary N) is 1. The molecule has 11 heteroatoms. The summed E-state index contributed by atoms with van der Waals surface area (Å²) in [6.45, 7) is 13.0. The number of carbonyl (C=O) groups excluding carboxylic acids is 1. The summed E-state index contributed by atoms with van der Waals surface area (Å²) in [7, 11) is 0. The van der Waals surface area contributed by atoms with Crippen LogP contribution in [0.4, 0.5) is 23.1 Å². The number of rotatable bonds is 9. The normalized spacial score (nSPS) is 16.0. The number of nitrogens with zero attached hydrogens (tertiary/aromatic N) is 4. The van der Waals surface area contributed by atoms with E-state index in [2.05, 4.69) is 42.6 Å². The number of anilines is 3. The fourth-order valence-electron chi connectivity index (χ4n) is 3.98. The number of amides is 1. The average Bonchev–Trinajstić information content (AvgIpc) is 3.39. The van der Waals surface area contributed by atoms with Crippen molar-refractivity contribution in [3.63, 3.8) is 0 Å². The second-order valence-electron chi connectivity index (χ2n) is 10.5. The predicted molar refractivity (Wildman–Crippen MR) is 153 cm³/mol. The van der Waals surface area contributed by atoms with Crippen molar-refractivity contribution >= 4 is 34.9 Å². The van der Waals surface area contributed by atoms with Crippen molar-refractivity contribution in [3.8, 4) is 0 Å². The molecule has 5 N–H and O–H groups in total. The number of ether oxygens (including phenoxy) is 1. The summed E-state index contributed by atoms with van der Waals surface area (Å²) in [6, 6.07) is 6.92. The lowest BCUT2D eigenvalue weighted by Crippen LogP contribution is -2.28. The molecule has 0 saturated carbocycles. The van der Waals surface area contributed by atoms with E-state index in [1.165, 1.54) is 6.20 Å². The first-order valence-corrected chi connectivity index (χ1v) is 13.0. The fraction of sp³-hybridized carbons (Fsp3) is 0.393. The van der Waals surface area contributed by atoms with E-state index in [9.17, 15) is 4.79 Å². The maximum Gasteiger partial charge on any atom is 0.256 e. The van der Waals surface area contributed by atoms with Gasteiger partial charge >= 0.3 is 0 Å². The molecule has 1 fully saturated rings. The first-order chi connectivity index (χ1) is 18.6. The molecule has 206 valence electrons. The highest BCUT2D eigenvalue weighted by Gasteiger charge is 2.21. The number of aromatic nitrogens is 3. The Morgan fingerprint density at radius 1 is 1.28 bits per heavy atom. The molecule has 3 heterocycles. The van der Waals surface area contributed by atoms with Crippen LogP contribution in [0.2, 0.25) is 0 Å².